The van der Waals surface area contributed by atoms with Crippen molar-refractivity contribution in [1.82, 2.24) is 4.90 Å². The smallest absolute Gasteiger partial charge is 0.175 e. The van der Waals surface area contributed by atoms with Gasteiger partial charge < -0.3 is 4.90 Å². The van der Waals surface area contributed by atoms with Crippen LogP contribution >= 0.6 is 23.2 Å². The zero-order valence-corrected chi connectivity index (χ0v) is 21.0. The van der Waals surface area contributed by atoms with E-state index in [0.29, 0.717) is 23.1 Å². The molecule has 2 aliphatic heterocycles. The Kier molecular flexibility index (Phi) is 6.72. The van der Waals surface area contributed by atoms with Gasteiger partial charge in [-0.05, 0) is 59.0 Å². The second kappa shape index (κ2) is 9.74. The highest BCUT2D eigenvalue weighted by atomic mass is 35.5. The molecule has 0 amide bonds. The van der Waals surface area contributed by atoms with Gasteiger partial charge in [-0.2, -0.15) is 0 Å². The van der Waals surface area contributed by atoms with Crippen molar-refractivity contribution in [3.63, 3.8) is 0 Å². The number of sulfone groups is 1. The van der Waals surface area contributed by atoms with Crippen LogP contribution < -0.4 is 4.90 Å². The van der Waals surface area contributed by atoms with E-state index >= 15 is 0 Å². The van der Waals surface area contributed by atoms with E-state index < -0.39 is 9.84 Å². The predicted octanol–water partition coefficient (Wildman–Crippen LogP) is 6.11. The van der Waals surface area contributed by atoms with E-state index in [9.17, 15) is 8.42 Å². The molecule has 3 aromatic carbocycles. The highest BCUT2D eigenvalue weighted by Crippen LogP contribution is 2.36. The van der Waals surface area contributed by atoms with Gasteiger partial charge in [0.2, 0.25) is 0 Å². The number of benzene rings is 3. The van der Waals surface area contributed by atoms with Crippen molar-refractivity contribution in [3.8, 4) is 0 Å². The molecule has 2 fully saturated rings. The monoisotopic (exact) mass is 512 g/mol. The van der Waals surface area contributed by atoms with Crippen molar-refractivity contribution < 1.29 is 8.42 Å². The van der Waals surface area contributed by atoms with E-state index in [1.807, 2.05) is 72.8 Å². The molecule has 0 saturated carbocycles. The molecule has 4 nitrogen and oxygen atoms in total. The van der Waals surface area contributed by atoms with Crippen molar-refractivity contribution in [3.05, 3.63) is 111 Å². The first kappa shape index (κ1) is 23.4. The van der Waals surface area contributed by atoms with Crippen LogP contribution in [0.1, 0.15) is 29.2 Å². The fraction of sp³-hybridized carbons (Fsp3) is 0.259. The topological polar surface area (TPSA) is 40.6 Å². The second-order valence-electron chi connectivity index (χ2n) is 8.96. The summed E-state index contributed by atoms with van der Waals surface area (Å²) in [5, 5.41) is 2.86. The van der Waals surface area contributed by atoms with Crippen LogP contribution in [0, 0.1) is 0 Å². The molecule has 2 heterocycles. The molecule has 0 spiro atoms. The summed E-state index contributed by atoms with van der Waals surface area (Å²) >= 11 is 12.2. The summed E-state index contributed by atoms with van der Waals surface area (Å²) in [7, 11) is -3.37. The molecule has 0 unspecified atom stereocenters. The van der Waals surface area contributed by atoms with E-state index in [1.54, 1.807) is 0 Å². The van der Waals surface area contributed by atoms with Gasteiger partial charge in [-0.25, -0.2) is 8.42 Å². The van der Waals surface area contributed by atoms with Gasteiger partial charge in [0.1, 0.15) is 0 Å². The normalized spacial score (nSPS) is 16.3. The van der Waals surface area contributed by atoms with Gasteiger partial charge in [0, 0.05) is 47.3 Å². The molecule has 0 aliphatic carbocycles. The molecular formula is C27H26Cl2N2O2S. The summed E-state index contributed by atoms with van der Waals surface area (Å²) in [6, 6.07) is 23.5. The van der Waals surface area contributed by atoms with E-state index in [1.165, 1.54) is 5.41 Å². The number of hydrogen-bond acceptors (Lipinski definition) is 4. The molecule has 0 atom stereocenters. The van der Waals surface area contributed by atoms with E-state index in [2.05, 4.69) is 9.80 Å². The first-order chi connectivity index (χ1) is 16.4. The van der Waals surface area contributed by atoms with Crippen LogP contribution in [-0.4, -0.2) is 39.5 Å². The molecule has 176 valence electrons. The van der Waals surface area contributed by atoms with Crippen molar-refractivity contribution in [2.45, 2.75) is 18.2 Å². The molecular weight excluding hydrogens is 487 g/mol. The van der Waals surface area contributed by atoms with Gasteiger partial charge in [0.25, 0.3) is 0 Å². The summed E-state index contributed by atoms with van der Waals surface area (Å²) in [5.74, 6) is 0.0287. The zero-order chi connectivity index (χ0) is 23.7. The van der Waals surface area contributed by atoms with E-state index in [-0.39, 0.29) is 11.8 Å². The fourth-order valence-electron chi connectivity index (χ4n) is 4.65. The third-order valence-corrected chi connectivity index (χ3v) is 8.35. The lowest BCUT2D eigenvalue weighted by Gasteiger charge is -2.41. The lowest BCUT2D eigenvalue weighted by Crippen LogP contribution is -2.43. The summed E-state index contributed by atoms with van der Waals surface area (Å²) in [4.78, 5) is 4.51. The maximum Gasteiger partial charge on any atom is 0.175 e. The standard InChI is InChI=1S/C27H26Cl2N2O2S/c28-24-10-6-21(7-11-24)27(22-8-12-25(29)13-9-22)31-16-20(17-31)18-34(32,33)19-23-4-1-2-5-26(23)30-14-3-15-30/h1-2,4-13,18,27H,3,14-17,19H2. The van der Waals surface area contributed by atoms with Crippen molar-refractivity contribution in [2.24, 2.45) is 0 Å². The molecule has 3 aromatic rings. The third-order valence-electron chi connectivity index (χ3n) is 6.44. The van der Waals surface area contributed by atoms with Crippen LogP contribution in [0.2, 0.25) is 10.0 Å². The number of anilines is 1. The zero-order valence-electron chi connectivity index (χ0n) is 18.7. The molecule has 0 aromatic heterocycles. The largest absolute Gasteiger partial charge is 0.371 e. The maximum absolute atomic E-state index is 13.0. The van der Waals surface area contributed by atoms with Crippen LogP contribution in [-0.2, 0) is 15.6 Å². The van der Waals surface area contributed by atoms with E-state index in [4.69, 9.17) is 23.2 Å². The number of para-hydroxylation sites is 1. The van der Waals surface area contributed by atoms with E-state index in [0.717, 1.165) is 47.5 Å². The Morgan fingerprint density at radius 1 is 0.824 bits per heavy atom. The van der Waals surface area contributed by atoms with Crippen LogP contribution in [0.4, 0.5) is 5.69 Å². The molecule has 2 saturated heterocycles. The minimum Gasteiger partial charge on any atom is -0.371 e. The SMILES string of the molecule is O=S(=O)(C=C1CN(C(c2ccc(Cl)cc2)c2ccc(Cl)cc2)C1)Cc1ccccc1N1CCC1. The Balaban J connectivity index is 1.33. The van der Waals surface area contributed by atoms with Crippen molar-refractivity contribution in [2.75, 3.05) is 31.1 Å². The van der Waals surface area contributed by atoms with Crippen LogP contribution in [0.15, 0.2) is 83.8 Å². The van der Waals surface area contributed by atoms with Crippen molar-refractivity contribution >= 4 is 38.7 Å². The predicted molar refractivity (Wildman–Crippen MR) is 140 cm³/mol. The molecule has 0 N–H and O–H groups in total. The average Bonchev–Trinajstić information content (AvgIpc) is 2.74. The Labute approximate surface area is 211 Å². The summed E-state index contributed by atoms with van der Waals surface area (Å²) in [6.45, 7) is 3.18. The Morgan fingerprint density at radius 3 is 1.91 bits per heavy atom. The average molecular weight is 513 g/mol. The van der Waals surface area contributed by atoms with Gasteiger partial charge in [0.05, 0.1) is 11.8 Å². The quantitative estimate of drug-likeness (QED) is 0.383. The van der Waals surface area contributed by atoms with Crippen LogP contribution in [0.3, 0.4) is 0 Å². The first-order valence-corrected chi connectivity index (χ1v) is 13.9. The number of halogens is 2. The highest BCUT2D eigenvalue weighted by molar-refractivity contribution is 7.93. The van der Waals surface area contributed by atoms with Gasteiger partial charge in [-0.3, -0.25) is 4.90 Å². The minimum atomic E-state index is -3.37. The highest BCUT2D eigenvalue weighted by Gasteiger charge is 2.31. The minimum absolute atomic E-state index is 0.00142. The Bertz CT molecular complexity index is 1250. The second-order valence-corrected chi connectivity index (χ2v) is 11.7. The fourth-order valence-corrected chi connectivity index (χ4v) is 6.32. The van der Waals surface area contributed by atoms with Gasteiger partial charge in [-0.15, -0.1) is 0 Å². The van der Waals surface area contributed by atoms with Crippen molar-refractivity contribution in [1.29, 1.82) is 0 Å². The molecule has 2 aliphatic rings. The first-order valence-electron chi connectivity index (χ1n) is 11.4. The van der Waals surface area contributed by atoms with Gasteiger partial charge >= 0.3 is 0 Å². The Hall–Kier alpha value is -2.31. The van der Waals surface area contributed by atoms with Gasteiger partial charge in [-0.1, -0.05) is 65.7 Å². The number of nitrogens with zero attached hydrogens (tertiary/aromatic N) is 2. The molecule has 0 bridgehead atoms. The summed E-state index contributed by atoms with van der Waals surface area (Å²) in [6.07, 6.45) is 1.16. The number of hydrogen-bond donors (Lipinski definition) is 0. The lowest BCUT2D eigenvalue weighted by atomic mass is 9.93. The Morgan fingerprint density at radius 2 is 1.38 bits per heavy atom. The summed E-state index contributed by atoms with van der Waals surface area (Å²) in [5.41, 5.74) is 5.05. The molecule has 34 heavy (non-hydrogen) atoms. The lowest BCUT2D eigenvalue weighted by molar-refractivity contribution is 0.202. The molecule has 7 heteroatoms. The molecule has 5 rings (SSSR count). The van der Waals surface area contributed by atoms with Crippen LogP contribution in [0.25, 0.3) is 0 Å². The number of likely N-dealkylation sites (tertiary alicyclic amines) is 1. The van der Waals surface area contributed by atoms with Crippen LogP contribution in [0.5, 0.6) is 0 Å². The summed E-state index contributed by atoms with van der Waals surface area (Å²) < 4.78 is 26.1. The maximum atomic E-state index is 13.0. The molecule has 0 radical (unpaired) electrons. The van der Waals surface area contributed by atoms with Gasteiger partial charge in [0.15, 0.2) is 9.84 Å². The number of rotatable bonds is 7. The third kappa shape index (κ3) is 5.18.